The van der Waals surface area contributed by atoms with Gasteiger partial charge in [0.05, 0.1) is 0 Å². The Balaban J connectivity index is 1.80. The summed E-state index contributed by atoms with van der Waals surface area (Å²) in [6, 6.07) is 10.0. The highest BCUT2D eigenvalue weighted by Gasteiger charge is 2.27. The predicted octanol–water partition coefficient (Wildman–Crippen LogP) is 2.29. The number of carbonyl (C=O) groups is 2. The molecule has 1 unspecified atom stereocenters. The Hall–Kier alpha value is -1.84. The predicted molar refractivity (Wildman–Crippen MR) is 82.5 cm³/mol. The first kappa shape index (κ1) is 15.5. The van der Waals surface area contributed by atoms with E-state index in [-0.39, 0.29) is 11.8 Å². The van der Waals surface area contributed by atoms with Crippen molar-refractivity contribution in [3.8, 4) is 0 Å². The fraction of sp³-hybridized carbons (Fsp3) is 0.529. The second kappa shape index (κ2) is 7.25. The van der Waals surface area contributed by atoms with Crippen LogP contribution in [-0.2, 0) is 16.1 Å². The molecule has 1 aliphatic heterocycles. The van der Waals surface area contributed by atoms with Crippen molar-refractivity contribution in [2.24, 2.45) is 5.92 Å². The van der Waals surface area contributed by atoms with Gasteiger partial charge in [-0.1, -0.05) is 37.3 Å². The third kappa shape index (κ3) is 4.31. The standard InChI is InChI=1S/C17H24N2O2/c1-3-16(20)19-10-9-15(13-19)11-17(21)18(2)12-14-7-5-4-6-8-14/h4-8,15H,3,9-13H2,1-2H3. The summed E-state index contributed by atoms with van der Waals surface area (Å²) in [5.41, 5.74) is 1.14. The molecule has 1 aromatic carbocycles. The number of hydrogen-bond donors (Lipinski definition) is 0. The monoisotopic (exact) mass is 288 g/mol. The van der Waals surface area contributed by atoms with Gasteiger partial charge >= 0.3 is 0 Å². The zero-order valence-corrected chi connectivity index (χ0v) is 12.9. The second-order valence-electron chi connectivity index (χ2n) is 5.79. The maximum Gasteiger partial charge on any atom is 0.222 e. The molecule has 4 nitrogen and oxygen atoms in total. The van der Waals surface area contributed by atoms with Crippen molar-refractivity contribution in [1.29, 1.82) is 0 Å². The molecule has 0 aromatic heterocycles. The lowest BCUT2D eigenvalue weighted by Gasteiger charge is -2.20. The van der Waals surface area contributed by atoms with Crippen LogP contribution in [0, 0.1) is 5.92 Å². The van der Waals surface area contributed by atoms with Crippen LogP contribution in [0.4, 0.5) is 0 Å². The summed E-state index contributed by atoms with van der Waals surface area (Å²) in [4.78, 5) is 27.6. The Morgan fingerprint density at radius 1 is 1.29 bits per heavy atom. The molecule has 0 N–H and O–H groups in total. The van der Waals surface area contributed by atoms with Gasteiger partial charge in [-0.05, 0) is 17.9 Å². The highest BCUT2D eigenvalue weighted by molar-refractivity contribution is 5.77. The molecule has 0 spiro atoms. The van der Waals surface area contributed by atoms with Crippen molar-refractivity contribution in [2.75, 3.05) is 20.1 Å². The molecule has 2 amide bonds. The van der Waals surface area contributed by atoms with E-state index in [0.29, 0.717) is 25.3 Å². The fourth-order valence-corrected chi connectivity index (χ4v) is 2.80. The summed E-state index contributed by atoms with van der Waals surface area (Å²) in [6.07, 6.45) is 2.03. The third-order valence-corrected chi connectivity index (χ3v) is 4.09. The van der Waals surface area contributed by atoms with Crippen LogP contribution < -0.4 is 0 Å². The summed E-state index contributed by atoms with van der Waals surface area (Å²) >= 11 is 0. The van der Waals surface area contributed by atoms with Crippen molar-refractivity contribution in [2.45, 2.75) is 32.7 Å². The topological polar surface area (TPSA) is 40.6 Å². The highest BCUT2D eigenvalue weighted by atomic mass is 16.2. The van der Waals surface area contributed by atoms with E-state index < -0.39 is 0 Å². The molecule has 0 saturated carbocycles. The van der Waals surface area contributed by atoms with E-state index in [1.807, 2.05) is 49.2 Å². The van der Waals surface area contributed by atoms with E-state index >= 15 is 0 Å². The minimum atomic E-state index is 0.162. The zero-order valence-electron chi connectivity index (χ0n) is 12.9. The highest BCUT2D eigenvalue weighted by Crippen LogP contribution is 2.21. The number of hydrogen-bond acceptors (Lipinski definition) is 2. The molecule has 0 bridgehead atoms. The van der Waals surface area contributed by atoms with E-state index in [4.69, 9.17) is 0 Å². The molecule has 1 atom stereocenters. The van der Waals surface area contributed by atoms with Gasteiger partial charge in [0.25, 0.3) is 0 Å². The van der Waals surface area contributed by atoms with Crippen LogP contribution in [0.25, 0.3) is 0 Å². The Kier molecular flexibility index (Phi) is 5.37. The molecule has 0 aliphatic carbocycles. The number of rotatable bonds is 5. The van der Waals surface area contributed by atoms with Gasteiger partial charge in [-0.15, -0.1) is 0 Å². The maximum absolute atomic E-state index is 12.3. The number of benzene rings is 1. The lowest BCUT2D eigenvalue weighted by molar-refractivity contribution is -0.132. The van der Waals surface area contributed by atoms with Crippen LogP contribution in [-0.4, -0.2) is 41.8 Å². The van der Waals surface area contributed by atoms with Crippen molar-refractivity contribution < 1.29 is 9.59 Å². The molecule has 21 heavy (non-hydrogen) atoms. The number of nitrogens with zero attached hydrogens (tertiary/aromatic N) is 2. The van der Waals surface area contributed by atoms with Crippen LogP contribution in [0.2, 0.25) is 0 Å². The summed E-state index contributed by atoms with van der Waals surface area (Å²) in [5, 5.41) is 0. The first-order valence-electron chi connectivity index (χ1n) is 7.65. The summed E-state index contributed by atoms with van der Waals surface area (Å²) in [7, 11) is 1.85. The smallest absolute Gasteiger partial charge is 0.222 e. The molecule has 1 saturated heterocycles. The van der Waals surface area contributed by atoms with E-state index in [9.17, 15) is 9.59 Å². The molecule has 1 heterocycles. The van der Waals surface area contributed by atoms with Gasteiger partial charge in [0.15, 0.2) is 0 Å². The molecule has 1 aromatic rings. The summed E-state index contributed by atoms with van der Waals surface area (Å²) in [5.74, 6) is 0.670. The van der Waals surface area contributed by atoms with Gasteiger partial charge in [-0.2, -0.15) is 0 Å². The molecule has 1 aliphatic rings. The van der Waals surface area contributed by atoms with Gasteiger partial charge in [-0.3, -0.25) is 9.59 Å². The van der Waals surface area contributed by atoms with E-state index in [2.05, 4.69) is 0 Å². The molecular weight excluding hydrogens is 264 g/mol. The van der Waals surface area contributed by atoms with Crippen LogP contribution in [0.15, 0.2) is 30.3 Å². The normalized spacial score (nSPS) is 17.8. The van der Waals surface area contributed by atoms with Gasteiger partial charge in [0.1, 0.15) is 0 Å². The Bertz CT molecular complexity index is 487. The molecule has 114 valence electrons. The quantitative estimate of drug-likeness (QED) is 0.834. The van der Waals surface area contributed by atoms with Crippen LogP contribution >= 0.6 is 0 Å². The molecule has 1 fully saturated rings. The zero-order chi connectivity index (χ0) is 15.2. The van der Waals surface area contributed by atoms with E-state index in [0.717, 1.165) is 25.1 Å². The summed E-state index contributed by atoms with van der Waals surface area (Å²) in [6.45, 7) is 4.06. The molecule has 2 rings (SSSR count). The van der Waals surface area contributed by atoms with Crippen molar-refractivity contribution in [3.63, 3.8) is 0 Å². The van der Waals surface area contributed by atoms with Gasteiger partial charge in [-0.25, -0.2) is 0 Å². The first-order chi connectivity index (χ1) is 10.1. The van der Waals surface area contributed by atoms with Crippen LogP contribution in [0.5, 0.6) is 0 Å². The van der Waals surface area contributed by atoms with Crippen LogP contribution in [0.3, 0.4) is 0 Å². The number of carbonyl (C=O) groups excluding carboxylic acids is 2. The summed E-state index contributed by atoms with van der Waals surface area (Å²) < 4.78 is 0. The van der Waals surface area contributed by atoms with Crippen molar-refractivity contribution in [3.05, 3.63) is 35.9 Å². The van der Waals surface area contributed by atoms with Gasteiger partial charge in [0, 0.05) is 39.5 Å². The van der Waals surface area contributed by atoms with E-state index in [1.54, 1.807) is 4.90 Å². The van der Waals surface area contributed by atoms with Crippen molar-refractivity contribution >= 4 is 11.8 Å². The Morgan fingerprint density at radius 2 is 2.00 bits per heavy atom. The average molecular weight is 288 g/mol. The Labute approximate surface area is 126 Å². The minimum Gasteiger partial charge on any atom is -0.342 e. The third-order valence-electron chi connectivity index (χ3n) is 4.09. The lowest BCUT2D eigenvalue weighted by atomic mass is 10.0. The van der Waals surface area contributed by atoms with Gasteiger partial charge < -0.3 is 9.80 Å². The number of likely N-dealkylation sites (tertiary alicyclic amines) is 1. The SMILES string of the molecule is CCC(=O)N1CCC(CC(=O)N(C)Cc2ccccc2)C1. The van der Waals surface area contributed by atoms with Crippen molar-refractivity contribution in [1.82, 2.24) is 9.80 Å². The maximum atomic E-state index is 12.3. The van der Waals surface area contributed by atoms with Gasteiger partial charge in [0.2, 0.25) is 11.8 Å². The largest absolute Gasteiger partial charge is 0.342 e. The first-order valence-corrected chi connectivity index (χ1v) is 7.65. The fourth-order valence-electron chi connectivity index (χ4n) is 2.80. The molecule has 4 heteroatoms. The Morgan fingerprint density at radius 3 is 2.67 bits per heavy atom. The molecular formula is C17H24N2O2. The average Bonchev–Trinajstić information content (AvgIpc) is 2.96. The van der Waals surface area contributed by atoms with E-state index in [1.165, 1.54) is 0 Å². The van der Waals surface area contributed by atoms with Crippen LogP contribution in [0.1, 0.15) is 31.7 Å². The number of amides is 2. The molecule has 0 radical (unpaired) electrons. The second-order valence-corrected chi connectivity index (χ2v) is 5.79. The lowest BCUT2D eigenvalue weighted by Crippen LogP contribution is -2.30. The minimum absolute atomic E-state index is 0.162.